The van der Waals surface area contributed by atoms with Gasteiger partial charge in [0.2, 0.25) is 0 Å². The quantitative estimate of drug-likeness (QED) is 0.366. The zero-order chi connectivity index (χ0) is 28.8. The SMILES string of the molecule is Cc1cc(C(=O)Nc2cc(-n3cc(C(=O)NCCCN4CCOCC4)nn3)ccc2N2CCN(C)CC2)nnc1C. The van der Waals surface area contributed by atoms with Crippen molar-refractivity contribution >= 4 is 23.2 Å². The minimum Gasteiger partial charge on any atom is -0.379 e. The van der Waals surface area contributed by atoms with Gasteiger partial charge in [0.25, 0.3) is 11.8 Å². The molecule has 2 saturated heterocycles. The van der Waals surface area contributed by atoms with Crippen LogP contribution in [0.2, 0.25) is 0 Å². The van der Waals surface area contributed by atoms with Crippen LogP contribution in [0.3, 0.4) is 0 Å². The molecule has 0 atom stereocenters. The third-order valence-corrected chi connectivity index (χ3v) is 7.57. The number of ether oxygens (including phenoxy) is 1. The van der Waals surface area contributed by atoms with E-state index >= 15 is 0 Å². The minimum atomic E-state index is -0.344. The summed E-state index contributed by atoms with van der Waals surface area (Å²) < 4.78 is 6.92. The van der Waals surface area contributed by atoms with Crippen molar-refractivity contribution < 1.29 is 14.3 Å². The molecule has 218 valence electrons. The first-order valence-corrected chi connectivity index (χ1v) is 14.1. The summed E-state index contributed by atoms with van der Waals surface area (Å²) in [6, 6.07) is 7.46. The van der Waals surface area contributed by atoms with Crippen LogP contribution >= 0.6 is 0 Å². The third-order valence-electron chi connectivity index (χ3n) is 7.57. The van der Waals surface area contributed by atoms with Crippen molar-refractivity contribution in [2.45, 2.75) is 20.3 Å². The number of rotatable bonds is 9. The number of nitrogens with zero attached hydrogens (tertiary/aromatic N) is 8. The van der Waals surface area contributed by atoms with Gasteiger partial charge < -0.3 is 25.2 Å². The predicted molar refractivity (Wildman–Crippen MR) is 155 cm³/mol. The van der Waals surface area contributed by atoms with Gasteiger partial charge >= 0.3 is 0 Å². The number of aromatic nitrogens is 5. The highest BCUT2D eigenvalue weighted by molar-refractivity contribution is 6.05. The molecule has 2 fully saturated rings. The second-order valence-electron chi connectivity index (χ2n) is 10.6. The lowest BCUT2D eigenvalue weighted by Gasteiger charge is -2.35. The van der Waals surface area contributed by atoms with Gasteiger partial charge in [-0.25, -0.2) is 4.68 Å². The van der Waals surface area contributed by atoms with E-state index in [0.29, 0.717) is 17.9 Å². The molecule has 0 bridgehead atoms. The van der Waals surface area contributed by atoms with E-state index in [4.69, 9.17) is 4.74 Å². The molecule has 1 aromatic carbocycles. The predicted octanol–water partition coefficient (Wildman–Crippen LogP) is 1.13. The number of carbonyl (C=O) groups excluding carboxylic acids is 2. The smallest absolute Gasteiger partial charge is 0.276 e. The Morgan fingerprint density at radius 2 is 1.71 bits per heavy atom. The summed E-state index contributed by atoms with van der Waals surface area (Å²) >= 11 is 0. The number of anilines is 2. The van der Waals surface area contributed by atoms with Gasteiger partial charge in [0.05, 0.1) is 42.2 Å². The fourth-order valence-electron chi connectivity index (χ4n) is 4.85. The number of nitrogens with one attached hydrogen (secondary N) is 2. The average molecular weight is 563 g/mol. The summed E-state index contributed by atoms with van der Waals surface area (Å²) in [6.45, 7) is 12.1. The number of aryl methyl sites for hydroxylation is 2. The van der Waals surface area contributed by atoms with Crippen molar-refractivity contribution in [1.82, 2.24) is 40.3 Å². The topological polar surface area (TPSA) is 134 Å². The van der Waals surface area contributed by atoms with E-state index in [0.717, 1.165) is 82.4 Å². The Morgan fingerprint density at radius 1 is 0.927 bits per heavy atom. The Bertz CT molecular complexity index is 1360. The van der Waals surface area contributed by atoms with E-state index < -0.39 is 0 Å². The van der Waals surface area contributed by atoms with E-state index in [1.165, 1.54) is 0 Å². The Labute approximate surface area is 239 Å². The maximum absolute atomic E-state index is 13.2. The number of likely N-dealkylation sites (N-methyl/N-ethyl adjacent to an activating group) is 1. The molecule has 2 aliphatic heterocycles. The monoisotopic (exact) mass is 562 g/mol. The number of hydrogen-bond acceptors (Lipinski definition) is 10. The maximum Gasteiger partial charge on any atom is 0.276 e. The zero-order valence-corrected chi connectivity index (χ0v) is 24.0. The summed E-state index contributed by atoms with van der Waals surface area (Å²) in [5.74, 6) is -0.613. The van der Waals surface area contributed by atoms with Crippen LogP contribution < -0.4 is 15.5 Å². The second-order valence-corrected chi connectivity index (χ2v) is 10.6. The van der Waals surface area contributed by atoms with Gasteiger partial charge in [-0.2, -0.15) is 5.10 Å². The average Bonchev–Trinajstić information content (AvgIpc) is 3.48. The van der Waals surface area contributed by atoms with Gasteiger partial charge in [0.1, 0.15) is 0 Å². The summed E-state index contributed by atoms with van der Waals surface area (Å²) in [4.78, 5) is 32.8. The Hall–Kier alpha value is -3.94. The van der Waals surface area contributed by atoms with Gasteiger partial charge in [0, 0.05) is 45.8 Å². The molecule has 13 heteroatoms. The Morgan fingerprint density at radius 3 is 2.46 bits per heavy atom. The Kier molecular flexibility index (Phi) is 9.17. The van der Waals surface area contributed by atoms with Gasteiger partial charge in [-0.3, -0.25) is 14.5 Å². The number of amides is 2. The molecule has 5 rings (SSSR count). The first-order chi connectivity index (χ1) is 19.9. The normalized spacial score (nSPS) is 16.5. The fraction of sp³-hybridized carbons (Fsp3) is 0.500. The van der Waals surface area contributed by atoms with Crippen LogP contribution in [0.1, 0.15) is 38.7 Å². The zero-order valence-electron chi connectivity index (χ0n) is 24.0. The van der Waals surface area contributed by atoms with Crippen LogP contribution in [0, 0.1) is 13.8 Å². The molecule has 0 spiro atoms. The van der Waals surface area contributed by atoms with Crippen LogP contribution in [0.5, 0.6) is 0 Å². The lowest BCUT2D eigenvalue weighted by molar-refractivity contribution is 0.0374. The highest BCUT2D eigenvalue weighted by Crippen LogP contribution is 2.30. The van der Waals surface area contributed by atoms with E-state index in [9.17, 15) is 9.59 Å². The number of benzene rings is 1. The molecule has 2 N–H and O–H groups in total. The van der Waals surface area contributed by atoms with Crippen molar-refractivity contribution in [2.75, 3.05) is 82.8 Å². The molecule has 2 aliphatic rings. The number of carbonyl (C=O) groups is 2. The molecular weight excluding hydrogens is 524 g/mol. The summed E-state index contributed by atoms with van der Waals surface area (Å²) in [6.07, 6.45) is 2.45. The van der Waals surface area contributed by atoms with Crippen molar-refractivity contribution in [1.29, 1.82) is 0 Å². The van der Waals surface area contributed by atoms with Crippen molar-refractivity contribution in [3.8, 4) is 5.69 Å². The first-order valence-electron chi connectivity index (χ1n) is 14.1. The number of hydrogen-bond donors (Lipinski definition) is 2. The molecule has 13 nitrogen and oxygen atoms in total. The summed E-state index contributed by atoms with van der Waals surface area (Å²) in [5, 5.41) is 22.4. The minimum absolute atomic E-state index is 0.232. The van der Waals surface area contributed by atoms with E-state index in [1.807, 2.05) is 32.0 Å². The van der Waals surface area contributed by atoms with Crippen LogP contribution in [-0.4, -0.2) is 119 Å². The second kappa shape index (κ2) is 13.1. The standard InChI is InChI=1S/C28H38N10O3/c1-20-17-24(32-31-21(20)2)28(40)30-23-18-22(5-6-26(23)37-11-9-35(3)10-12-37)38-19-25(33-34-38)27(39)29-7-4-8-36-13-15-41-16-14-36/h5-6,17-19H,4,7-16H2,1-3H3,(H,29,39)(H,30,40). The van der Waals surface area contributed by atoms with Crippen molar-refractivity contribution in [2.24, 2.45) is 0 Å². The summed E-state index contributed by atoms with van der Waals surface area (Å²) in [7, 11) is 2.10. The van der Waals surface area contributed by atoms with Crippen LogP contribution in [0.15, 0.2) is 30.5 Å². The van der Waals surface area contributed by atoms with Crippen molar-refractivity contribution in [3.63, 3.8) is 0 Å². The van der Waals surface area contributed by atoms with E-state index in [2.05, 4.69) is 52.9 Å². The van der Waals surface area contributed by atoms with Gasteiger partial charge in [-0.15, -0.1) is 10.2 Å². The van der Waals surface area contributed by atoms with Crippen molar-refractivity contribution in [3.05, 3.63) is 53.1 Å². The van der Waals surface area contributed by atoms with Gasteiger partial charge in [-0.05, 0) is 63.7 Å². The van der Waals surface area contributed by atoms with E-state index in [-0.39, 0.29) is 23.2 Å². The number of piperazine rings is 1. The largest absolute Gasteiger partial charge is 0.379 e. The molecule has 41 heavy (non-hydrogen) atoms. The molecule has 2 amide bonds. The molecule has 4 heterocycles. The maximum atomic E-state index is 13.2. The molecule has 0 aliphatic carbocycles. The van der Waals surface area contributed by atoms with Crippen LogP contribution in [0.4, 0.5) is 11.4 Å². The number of morpholine rings is 1. The van der Waals surface area contributed by atoms with Crippen LogP contribution in [-0.2, 0) is 4.74 Å². The highest BCUT2D eigenvalue weighted by Gasteiger charge is 2.21. The molecular formula is C28H38N10O3. The molecule has 3 aromatic rings. The van der Waals surface area contributed by atoms with Gasteiger partial charge in [-0.1, -0.05) is 5.21 Å². The molecule has 0 radical (unpaired) electrons. The van der Waals surface area contributed by atoms with Gasteiger partial charge in [0.15, 0.2) is 11.4 Å². The highest BCUT2D eigenvalue weighted by atomic mass is 16.5. The molecule has 2 aromatic heterocycles. The Balaban J connectivity index is 1.29. The fourth-order valence-corrected chi connectivity index (χ4v) is 4.85. The van der Waals surface area contributed by atoms with Crippen LogP contribution in [0.25, 0.3) is 5.69 Å². The first kappa shape index (κ1) is 28.6. The lowest BCUT2D eigenvalue weighted by Crippen LogP contribution is -2.44. The van der Waals surface area contributed by atoms with E-state index in [1.54, 1.807) is 16.9 Å². The summed E-state index contributed by atoms with van der Waals surface area (Å²) in [5.41, 5.74) is 4.36. The molecule has 0 unspecified atom stereocenters. The third kappa shape index (κ3) is 7.23. The molecule has 0 saturated carbocycles. The lowest BCUT2D eigenvalue weighted by atomic mass is 10.1.